The van der Waals surface area contributed by atoms with E-state index in [1.165, 1.54) is 141 Å². The standard InChI is InChI=1S/C71H48N2S2/c1-71(2)61-41-45(25-31-51-33-39-69(74-51)49-29-37-67-59(43-49)57-19-7-9-21-65(57)72(67)63-23-11-15-47-13-3-5-17-53(47)63)27-35-55(61)56-36-28-46(42-62(56)71)26-32-52-34-40-70(75-52)50-30-38-68-60(44-50)58-20-8-10-22-66(58)73(68)64-24-12-16-48-14-4-6-18-54(48)64/h3-44H,1-2H3/b31-25+,32-26+. The molecule has 4 heteroatoms. The molecule has 1 aliphatic carbocycles. The summed E-state index contributed by atoms with van der Waals surface area (Å²) in [5, 5.41) is 10.1. The molecule has 75 heavy (non-hydrogen) atoms. The number of rotatable bonds is 8. The molecule has 0 aliphatic heterocycles. The predicted octanol–water partition coefficient (Wildman–Crippen LogP) is 20.3. The van der Waals surface area contributed by atoms with Crippen molar-refractivity contribution in [3.05, 3.63) is 263 Å². The number of benzene rings is 10. The molecule has 0 N–H and O–H groups in total. The van der Waals surface area contributed by atoms with Crippen LogP contribution in [0.25, 0.3) is 133 Å². The van der Waals surface area contributed by atoms with Crippen molar-refractivity contribution in [2.24, 2.45) is 0 Å². The first kappa shape index (κ1) is 43.8. The van der Waals surface area contributed by atoms with Crippen LogP contribution in [-0.4, -0.2) is 9.13 Å². The second-order valence-corrected chi connectivity index (χ2v) is 22.7. The maximum absolute atomic E-state index is 2.43. The number of fused-ring (bicyclic) bond motifs is 11. The van der Waals surface area contributed by atoms with E-state index in [2.05, 4.69) is 278 Å². The smallest absolute Gasteiger partial charge is 0.0541 e. The lowest BCUT2D eigenvalue weighted by Gasteiger charge is -2.22. The zero-order valence-corrected chi connectivity index (χ0v) is 43.1. The van der Waals surface area contributed by atoms with E-state index in [-0.39, 0.29) is 5.41 Å². The molecule has 14 aromatic rings. The Morgan fingerprint density at radius 1 is 0.333 bits per heavy atom. The van der Waals surface area contributed by atoms with Crippen LogP contribution in [0.2, 0.25) is 0 Å². The molecule has 0 saturated heterocycles. The summed E-state index contributed by atoms with van der Waals surface area (Å²) in [6, 6.07) is 85.2. The zero-order valence-electron chi connectivity index (χ0n) is 41.5. The average molecular weight is 993 g/mol. The van der Waals surface area contributed by atoms with Crippen LogP contribution < -0.4 is 0 Å². The second-order valence-electron chi connectivity index (χ2n) is 20.5. The first-order valence-electron chi connectivity index (χ1n) is 25.8. The molecule has 0 spiro atoms. The molecular formula is C71H48N2S2. The monoisotopic (exact) mass is 992 g/mol. The first-order valence-corrected chi connectivity index (χ1v) is 27.4. The molecule has 354 valence electrons. The van der Waals surface area contributed by atoms with Crippen molar-refractivity contribution in [1.29, 1.82) is 0 Å². The number of para-hydroxylation sites is 2. The Morgan fingerprint density at radius 2 is 0.747 bits per heavy atom. The van der Waals surface area contributed by atoms with Gasteiger partial charge in [0.25, 0.3) is 0 Å². The fourth-order valence-electron chi connectivity index (χ4n) is 12.1. The Labute approximate surface area is 443 Å². The van der Waals surface area contributed by atoms with E-state index in [1.807, 2.05) is 22.7 Å². The minimum absolute atomic E-state index is 0.130. The molecule has 0 radical (unpaired) electrons. The van der Waals surface area contributed by atoms with Crippen molar-refractivity contribution in [2.75, 3.05) is 0 Å². The van der Waals surface area contributed by atoms with Gasteiger partial charge >= 0.3 is 0 Å². The van der Waals surface area contributed by atoms with Crippen molar-refractivity contribution in [3.8, 4) is 43.4 Å². The SMILES string of the molecule is CC1(C)c2cc(/C=C/c3ccc(-c4ccc5c(c4)c4ccccc4n5-c4cccc5ccccc45)s3)ccc2-c2ccc(/C=C/c3ccc(-c4ccc5c(c4)c4ccccc4n5-c4cccc5ccccc45)s3)cc21. The maximum atomic E-state index is 2.43. The van der Waals surface area contributed by atoms with Crippen molar-refractivity contribution in [3.63, 3.8) is 0 Å². The van der Waals surface area contributed by atoms with Gasteiger partial charge in [0, 0.05) is 57.2 Å². The Hall–Kier alpha value is -8.80. The van der Waals surface area contributed by atoms with Crippen molar-refractivity contribution < 1.29 is 0 Å². The van der Waals surface area contributed by atoms with Gasteiger partial charge in [-0.2, -0.15) is 0 Å². The van der Waals surface area contributed by atoms with Crippen LogP contribution in [0.15, 0.2) is 231 Å². The quantitative estimate of drug-likeness (QED) is 0.144. The Kier molecular flexibility index (Phi) is 10.0. The first-order chi connectivity index (χ1) is 36.9. The van der Waals surface area contributed by atoms with E-state index in [9.17, 15) is 0 Å². The van der Waals surface area contributed by atoms with Crippen LogP contribution >= 0.6 is 22.7 Å². The number of hydrogen-bond donors (Lipinski definition) is 0. The number of aromatic nitrogens is 2. The highest BCUT2D eigenvalue weighted by molar-refractivity contribution is 7.16. The summed E-state index contributed by atoms with van der Waals surface area (Å²) >= 11 is 3.69. The van der Waals surface area contributed by atoms with E-state index in [0.29, 0.717) is 0 Å². The van der Waals surface area contributed by atoms with Crippen LogP contribution in [0, 0.1) is 0 Å². The van der Waals surface area contributed by atoms with Crippen molar-refractivity contribution in [1.82, 2.24) is 9.13 Å². The molecule has 1 aliphatic rings. The topological polar surface area (TPSA) is 9.86 Å². The summed E-state index contributed by atoms with van der Waals surface area (Å²) in [5.74, 6) is 0. The van der Waals surface area contributed by atoms with Crippen molar-refractivity contribution >= 4 is 112 Å². The maximum Gasteiger partial charge on any atom is 0.0541 e. The largest absolute Gasteiger partial charge is 0.309 e. The lowest BCUT2D eigenvalue weighted by atomic mass is 9.81. The number of thiophene rings is 2. The van der Waals surface area contributed by atoms with Gasteiger partial charge in [-0.25, -0.2) is 0 Å². The molecule has 10 aromatic carbocycles. The predicted molar refractivity (Wildman–Crippen MR) is 325 cm³/mol. The second kappa shape index (κ2) is 17.1. The van der Waals surface area contributed by atoms with E-state index in [0.717, 1.165) is 0 Å². The highest BCUT2D eigenvalue weighted by Gasteiger charge is 2.35. The van der Waals surface area contributed by atoms with Gasteiger partial charge in [0.15, 0.2) is 0 Å². The summed E-state index contributed by atoms with van der Waals surface area (Å²) in [7, 11) is 0. The molecule has 4 aromatic heterocycles. The minimum Gasteiger partial charge on any atom is -0.309 e. The summed E-state index contributed by atoms with van der Waals surface area (Å²) in [5.41, 5.74) is 17.5. The van der Waals surface area contributed by atoms with E-state index >= 15 is 0 Å². The van der Waals surface area contributed by atoms with Gasteiger partial charge in [-0.3, -0.25) is 0 Å². The van der Waals surface area contributed by atoms with E-state index < -0.39 is 0 Å². The van der Waals surface area contributed by atoms with Crippen LogP contribution in [0.1, 0.15) is 45.9 Å². The molecule has 2 nitrogen and oxygen atoms in total. The molecule has 0 saturated carbocycles. The third-order valence-electron chi connectivity index (χ3n) is 15.8. The van der Waals surface area contributed by atoms with E-state index in [4.69, 9.17) is 0 Å². The van der Waals surface area contributed by atoms with Gasteiger partial charge in [0.05, 0.1) is 33.4 Å². The van der Waals surface area contributed by atoms with Crippen LogP contribution in [0.4, 0.5) is 0 Å². The molecule has 0 atom stereocenters. The lowest BCUT2D eigenvalue weighted by Crippen LogP contribution is -2.15. The lowest BCUT2D eigenvalue weighted by molar-refractivity contribution is 0.660. The average Bonchev–Trinajstić information content (AvgIpc) is 4.31. The highest BCUT2D eigenvalue weighted by atomic mass is 32.1. The number of hydrogen-bond acceptors (Lipinski definition) is 2. The van der Waals surface area contributed by atoms with Crippen LogP contribution in [0.3, 0.4) is 0 Å². The minimum atomic E-state index is -0.130. The number of nitrogens with zero attached hydrogens (tertiary/aromatic N) is 2. The van der Waals surface area contributed by atoms with Gasteiger partial charge in [0.1, 0.15) is 0 Å². The van der Waals surface area contributed by atoms with E-state index in [1.54, 1.807) is 0 Å². The molecular weight excluding hydrogens is 945 g/mol. The summed E-state index contributed by atoms with van der Waals surface area (Å²) in [6.45, 7) is 4.75. The molecule has 4 heterocycles. The van der Waals surface area contributed by atoms with Gasteiger partial charge in [-0.05, 0) is 140 Å². The third-order valence-corrected chi connectivity index (χ3v) is 18.0. The Morgan fingerprint density at radius 3 is 1.23 bits per heavy atom. The summed E-state index contributed by atoms with van der Waals surface area (Å²) < 4.78 is 4.87. The summed E-state index contributed by atoms with van der Waals surface area (Å²) in [6.07, 6.45) is 9.11. The van der Waals surface area contributed by atoms with Gasteiger partial charge < -0.3 is 9.13 Å². The normalized spacial score (nSPS) is 13.2. The molecule has 0 amide bonds. The molecule has 0 bridgehead atoms. The Bertz CT molecular complexity index is 4390. The van der Waals surface area contributed by atoms with Gasteiger partial charge in [-0.15, -0.1) is 22.7 Å². The fraction of sp³-hybridized carbons (Fsp3) is 0.0423. The van der Waals surface area contributed by atoms with Crippen LogP contribution in [-0.2, 0) is 5.41 Å². The zero-order chi connectivity index (χ0) is 49.8. The molecule has 15 rings (SSSR count). The molecule has 0 fully saturated rings. The van der Waals surface area contributed by atoms with Crippen molar-refractivity contribution in [2.45, 2.75) is 19.3 Å². The van der Waals surface area contributed by atoms with Gasteiger partial charge in [0.2, 0.25) is 0 Å². The molecule has 0 unspecified atom stereocenters. The Balaban J connectivity index is 0.671. The highest BCUT2D eigenvalue weighted by Crippen LogP contribution is 2.50. The van der Waals surface area contributed by atoms with Gasteiger partial charge in [-0.1, -0.05) is 184 Å². The third kappa shape index (κ3) is 7.12. The fourth-order valence-corrected chi connectivity index (χ4v) is 13.9. The summed E-state index contributed by atoms with van der Waals surface area (Å²) in [4.78, 5) is 5.01. The van der Waals surface area contributed by atoms with Crippen LogP contribution in [0.5, 0.6) is 0 Å².